The standard InChI is InChI=1S/C17H14F3NO3.ClH/c18-17(19,20)11-3-1-10(2-4-11)13-7-21-8-14-12(13)5-6-15(14)24-9-16(22)23;/h1-4,7-8,15H,5-6,9H2,(H,22,23);1H. The van der Waals surface area contributed by atoms with Crippen LogP contribution in [0.2, 0.25) is 0 Å². The van der Waals surface area contributed by atoms with E-state index >= 15 is 0 Å². The number of pyridine rings is 1. The van der Waals surface area contributed by atoms with E-state index in [0.29, 0.717) is 18.4 Å². The van der Waals surface area contributed by atoms with Gasteiger partial charge in [-0.2, -0.15) is 13.2 Å². The Hall–Kier alpha value is -2.12. The van der Waals surface area contributed by atoms with Crippen molar-refractivity contribution in [2.75, 3.05) is 6.61 Å². The molecule has 1 aromatic heterocycles. The third-order valence-corrected chi connectivity index (χ3v) is 4.03. The second-order valence-electron chi connectivity index (χ2n) is 5.56. The smallest absolute Gasteiger partial charge is 0.416 e. The molecule has 3 rings (SSSR count). The molecule has 0 aliphatic heterocycles. The highest BCUT2D eigenvalue weighted by Crippen LogP contribution is 2.39. The van der Waals surface area contributed by atoms with Gasteiger partial charge in [0.1, 0.15) is 6.61 Å². The second kappa shape index (κ2) is 7.41. The molecular formula is C17H15ClF3NO3. The van der Waals surface area contributed by atoms with E-state index in [9.17, 15) is 18.0 Å². The third kappa shape index (κ3) is 4.11. The van der Waals surface area contributed by atoms with Gasteiger partial charge in [-0.05, 0) is 36.1 Å². The van der Waals surface area contributed by atoms with Crippen LogP contribution in [0.4, 0.5) is 13.2 Å². The first-order valence-electron chi connectivity index (χ1n) is 7.34. The molecule has 1 N–H and O–H groups in total. The van der Waals surface area contributed by atoms with E-state index in [1.807, 2.05) is 0 Å². The first kappa shape index (κ1) is 19.2. The van der Waals surface area contributed by atoms with E-state index in [0.717, 1.165) is 28.8 Å². The number of aliphatic carboxylic acids is 1. The number of benzene rings is 1. The van der Waals surface area contributed by atoms with Gasteiger partial charge in [0.25, 0.3) is 0 Å². The Morgan fingerprint density at radius 2 is 1.92 bits per heavy atom. The zero-order valence-corrected chi connectivity index (χ0v) is 13.7. The van der Waals surface area contributed by atoms with E-state index < -0.39 is 24.3 Å². The first-order valence-corrected chi connectivity index (χ1v) is 7.34. The molecule has 0 saturated heterocycles. The lowest BCUT2D eigenvalue weighted by molar-refractivity contribution is -0.144. The van der Waals surface area contributed by atoms with Crippen molar-refractivity contribution in [1.29, 1.82) is 0 Å². The predicted octanol–water partition coefficient (Wildman–Crippen LogP) is 4.28. The van der Waals surface area contributed by atoms with E-state index in [1.165, 1.54) is 12.1 Å². The summed E-state index contributed by atoms with van der Waals surface area (Å²) in [5.41, 5.74) is 2.44. The van der Waals surface area contributed by atoms with Crippen LogP contribution in [0.1, 0.15) is 29.2 Å². The van der Waals surface area contributed by atoms with Gasteiger partial charge in [0.15, 0.2) is 0 Å². The average molecular weight is 374 g/mol. The van der Waals surface area contributed by atoms with Crippen LogP contribution >= 0.6 is 12.4 Å². The van der Waals surface area contributed by atoms with Gasteiger partial charge in [-0.25, -0.2) is 4.79 Å². The van der Waals surface area contributed by atoms with Crippen LogP contribution < -0.4 is 0 Å². The lowest BCUT2D eigenvalue weighted by atomic mass is 9.98. The molecule has 4 nitrogen and oxygen atoms in total. The minimum Gasteiger partial charge on any atom is -0.480 e. The van der Waals surface area contributed by atoms with Gasteiger partial charge in [-0.15, -0.1) is 12.4 Å². The quantitative estimate of drug-likeness (QED) is 0.869. The van der Waals surface area contributed by atoms with Gasteiger partial charge in [0.05, 0.1) is 11.7 Å². The van der Waals surface area contributed by atoms with E-state index in [2.05, 4.69) is 4.98 Å². The summed E-state index contributed by atoms with van der Waals surface area (Å²) in [6, 6.07) is 4.93. The molecule has 0 fully saturated rings. The Labute approximate surface area is 148 Å². The van der Waals surface area contributed by atoms with Crippen LogP contribution in [-0.2, 0) is 22.1 Å². The van der Waals surface area contributed by atoms with Crippen molar-refractivity contribution in [2.24, 2.45) is 0 Å². The summed E-state index contributed by atoms with van der Waals surface area (Å²) in [6.45, 7) is -0.394. The van der Waals surface area contributed by atoms with Crippen molar-refractivity contribution >= 4 is 18.4 Å². The summed E-state index contributed by atoms with van der Waals surface area (Å²) in [6.07, 6.45) is -0.187. The molecule has 1 aliphatic rings. The number of hydrogen-bond acceptors (Lipinski definition) is 3. The molecule has 134 valence electrons. The number of hydrogen-bond donors (Lipinski definition) is 1. The highest BCUT2D eigenvalue weighted by atomic mass is 35.5. The lowest BCUT2D eigenvalue weighted by Gasteiger charge is -2.13. The number of carboxylic acids is 1. The molecular weight excluding hydrogens is 359 g/mol. The number of halogens is 4. The number of ether oxygens (including phenoxy) is 1. The molecule has 1 atom stereocenters. The van der Waals surface area contributed by atoms with Crippen molar-refractivity contribution in [1.82, 2.24) is 4.98 Å². The zero-order valence-electron chi connectivity index (χ0n) is 12.9. The molecule has 0 saturated carbocycles. The summed E-state index contributed by atoms with van der Waals surface area (Å²) in [4.78, 5) is 14.8. The van der Waals surface area contributed by atoms with Gasteiger partial charge < -0.3 is 9.84 Å². The van der Waals surface area contributed by atoms with Crippen molar-refractivity contribution in [3.8, 4) is 11.1 Å². The number of alkyl halides is 3. The van der Waals surface area contributed by atoms with E-state index in [-0.39, 0.29) is 18.5 Å². The fourth-order valence-corrected chi connectivity index (χ4v) is 2.92. The van der Waals surface area contributed by atoms with Crippen LogP contribution in [0.3, 0.4) is 0 Å². The average Bonchev–Trinajstić information content (AvgIpc) is 2.95. The largest absolute Gasteiger partial charge is 0.480 e. The van der Waals surface area contributed by atoms with Crippen molar-refractivity contribution in [3.63, 3.8) is 0 Å². The number of fused-ring (bicyclic) bond motifs is 1. The highest BCUT2D eigenvalue weighted by molar-refractivity contribution is 5.85. The van der Waals surface area contributed by atoms with Crippen molar-refractivity contribution < 1.29 is 27.8 Å². The third-order valence-electron chi connectivity index (χ3n) is 4.03. The Morgan fingerprint density at radius 1 is 1.24 bits per heavy atom. The number of aromatic nitrogens is 1. The summed E-state index contributed by atoms with van der Waals surface area (Å²) >= 11 is 0. The van der Waals surface area contributed by atoms with Gasteiger partial charge in [-0.3, -0.25) is 4.98 Å². The molecule has 0 spiro atoms. The molecule has 25 heavy (non-hydrogen) atoms. The SMILES string of the molecule is Cl.O=C(O)COC1CCc2c(-c3ccc(C(F)(F)F)cc3)cncc21. The predicted molar refractivity (Wildman–Crippen MR) is 86.6 cm³/mol. The number of carbonyl (C=O) groups is 1. The molecule has 1 aromatic carbocycles. The topological polar surface area (TPSA) is 59.4 Å². The molecule has 2 aromatic rings. The normalized spacial score (nSPS) is 16.2. The number of nitrogens with zero attached hydrogens (tertiary/aromatic N) is 1. The number of rotatable bonds is 4. The van der Waals surface area contributed by atoms with Crippen LogP contribution in [0.25, 0.3) is 11.1 Å². The van der Waals surface area contributed by atoms with Crippen LogP contribution in [-0.4, -0.2) is 22.7 Å². The summed E-state index contributed by atoms with van der Waals surface area (Å²) in [5, 5.41) is 8.71. The first-order chi connectivity index (χ1) is 11.4. The number of carboxylic acid groups (broad SMARTS) is 1. The van der Waals surface area contributed by atoms with Crippen molar-refractivity contribution in [2.45, 2.75) is 25.1 Å². The minimum absolute atomic E-state index is 0. The van der Waals surface area contributed by atoms with Gasteiger partial charge in [0.2, 0.25) is 0 Å². The van der Waals surface area contributed by atoms with E-state index in [4.69, 9.17) is 9.84 Å². The lowest BCUT2D eigenvalue weighted by Crippen LogP contribution is -2.10. The molecule has 1 unspecified atom stereocenters. The molecule has 0 amide bonds. The Balaban J connectivity index is 0.00000225. The monoisotopic (exact) mass is 373 g/mol. The van der Waals surface area contributed by atoms with E-state index in [1.54, 1.807) is 12.4 Å². The second-order valence-corrected chi connectivity index (χ2v) is 5.56. The zero-order chi connectivity index (χ0) is 17.3. The Kier molecular flexibility index (Phi) is 5.69. The fraction of sp³-hybridized carbons (Fsp3) is 0.294. The van der Waals surface area contributed by atoms with Crippen LogP contribution in [0.15, 0.2) is 36.7 Å². The maximum atomic E-state index is 12.7. The Morgan fingerprint density at radius 3 is 2.52 bits per heavy atom. The van der Waals surface area contributed by atoms with Crippen LogP contribution in [0, 0.1) is 0 Å². The van der Waals surface area contributed by atoms with Gasteiger partial charge in [0, 0.05) is 23.5 Å². The summed E-state index contributed by atoms with van der Waals surface area (Å²) < 4.78 is 43.4. The van der Waals surface area contributed by atoms with Crippen LogP contribution in [0.5, 0.6) is 0 Å². The Bertz CT molecular complexity index is 763. The molecule has 8 heteroatoms. The highest BCUT2D eigenvalue weighted by Gasteiger charge is 2.31. The summed E-state index contributed by atoms with van der Waals surface area (Å²) in [5.74, 6) is -1.05. The molecule has 0 bridgehead atoms. The minimum atomic E-state index is -4.37. The molecule has 1 heterocycles. The summed E-state index contributed by atoms with van der Waals surface area (Å²) in [7, 11) is 0. The van der Waals surface area contributed by atoms with Crippen molar-refractivity contribution in [3.05, 3.63) is 53.3 Å². The van der Waals surface area contributed by atoms with Gasteiger partial charge in [-0.1, -0.05) is 12.1 Å². The molecule has 0 radical (unpaired) electrons. The maximum Gasteiger partial charge on any atom is 0.416 e. The maximum absolute atomic E-state index is 12.7. The molecule has 1 aliphatic carbocycles. The van der Waals surface area contributed by atoms with Gasteiger partial charge >= 0.3 is 12.1 Å². The fourth-order valence-electron chi connectivity index (χ4n) is 2.92.